The molecule has 1 rings (SSSR count). The third kappa shape index (κ3) is 6.14. The molecule has 1 heteroatoms. The minimum absolute atomic E-state index is 0.618. The molecule has 0 saturated heterocycles. The summed E-state index contributed by atoms with van der Waals surface area (Å²) >= 11 is 0. The topological polar surface area (TPSA) is 12.0 Å². The van der Waals surface area contributed by atoms with E-state index >= 15 is 0 Å². The normalized spacial score (nSPS) is 12.0. The lowest BCUT2D eigenvalue weighted by Gasteiger charge is -2.15. The van der Waals surface area contributed by atoms with Crippen molar-refractivity contribution in [2.45, 2.75) is 44.6 Å². The lowest BCUT2D eigenvalue weighted by Crippen LogP contribution is -2.25. The van der Waals surface area contributed by atoms with E-state index in [1.54, 1.807) is 0 Å². The van der Waals surface area contributed by atoms with Crippen LogP contribution in [0.15, 0.2) is 30.3 Å². The Balaban J connectivity index is 2.17. The van der Waals surface area contributed by atoms with E-state index in [2.05, 4.69) is 41.6 Å². The van der Waals surface area contributed by atoms with Crippen molar-refractivity contribution in [3.8, 4) is 12.3 Å². The molecular weight excluding hydrogens is 206 g/mol. The number of unbranched alkanes of at least 4 members (excludes halogenated alkanes) is 1. The first kappa shape index (κ1) is 13.8. The van der Waals surface area contributed by atoms with Crippen molar-refractivity contribution in [1.29, 1.82) is 0 Å². The summed E-state index contributed by atoms with van der Waals surface area (Å²) in [4.78, 5) is 0. The summed E-state index contributed by atoms with van der Waals surface area (Å²) in [5, 5.41) is 3.38. The predicted octanol–water partition coefficient (Wildman–Crippen LogP) is 3.40. The summed E-state index contributed by atoms with van der Waals surface area (Å²) in [6.07, 6.45) is 12.1. The monoisotopic (exact) mass is 229 g/mol. The van der Waals surface area contributed by atoms with Crippen LogP contribution in [0.4, 0.5) is 0 Å². The first-order chi connectivity index (χ1) is 8.36. The molecule has 0 amide bonds. The lowest BCUT2D eigenvalue weighted by atomic mass is 10.0. The molecule has 0 spiro atoms. The lowest BCUT2D eigenvalue weighted by molar-refractivity contribution is 0.464. The van der Waals surface area contributed by atoms with Gasteiger partial charge >= 0.3 is 0 Å². The highest BCUT2D eigenvalue weighted by atomic mass is 14.9. The molecule has 1 atom stereocenters. The van der Waals surface area contributed by atoms with Crippen molar-refractivity contribution in [3.63, 3.8) is 0 Å². The molecule has 92 valence electrons. The third-order valence-electron chi connectivity index (χ3n) is 3.14. The molecule has 0 aliphatic heterocycles. The van der Waals surface area contributed by atoms with Crippen molar-refractivity contribution in [2.75, 3.05) is 7.05 Å². The molecule has 0 aliphatic carbocycles. The molecule has 1 aromatic rings. The largest absolute Gasteiger partial charge is 0.317 e. The zero-order chi connectivity index (χ0) is 12.3. The molecule has 1 aromatic carbocycles. The molecule has 0 bridgehead atoms. The summed E-state index contributed by atoms with van der Waals surface area (Å²) in [5.74, 6) is 2.70. The highest BCUT2D eigenvalue weighted by molar-refractivity contribution is 5.14. The van der Waals surface area contributed by atoms with Crippen LogP contribution < -0.4 is 5.32 Å². The van der Waals surface area contributed by atoms with Crippen molar-refractivity contribution in [1.82, 2.24) is 5.32 Å². The van der Waals surface area contributed by atoms with E-state index in [-0.39, 0.29) is 0 Å². The predicted molar refractivity (Wildman–Crippen MR) is 74.9 cm³/mol. The minimum atomic E-state index is 0.618. The van der Waals surface area contributed by atoms with E-state index in [1.807, 2.05) is 7.05 Å². The maximum atomic E-state index is 5.26. The van der Waals surface area contributed by atoms with Crippen LogP contribution in [0.3, 0.4) is 0 Å². The van der Waals surface area contributed by atoms with Gasteiger partial charge in [0, 0.05) is 12.5 Å². The molecular formula is C16H23N. The molecule has 0 fully saturated rings. The van der Waals surface area contributed by atoms with Crippen molar-refractivity contribution in [3.05, 3.63) is 35.9 Å². The number of benzene rings is 1. The van der Waals surface area contributed by atoms with Crippen LogP contribution in [-0.2, 0) is 6.42 Å². The SMILES string of the molecule is C#CCCCC(CCCc1ccccc1)NC. The van der Waals surface area contributed by atoms with Gasteiger partial charge in [0.1, 0.15) is 0 Å². The molecule has 0 radical (unpaired) electrons. The maximum absolute atomic E-state index is 5.26. The third-order valence-corrected chi connectivity index (χ3v) is 3.14. The maximum Gasteiger partial charge on any atom is 0.00866 e. The Morgan fingerprint density at radius 2 is 1.88 bits per heavy atom. The standard InChI is InChI=1S/C16H23N/c1-3-4-6-13-16(17-2)14-9-12-15-10-7-5-8-11-15/h1,5,7-8,10-11,16-17H,4,6,9,12-14H2,2H3. The average Bonchev–Trinajstić information content (AvgIpc) is 2.38. The van der Waals surface area contributed by atoms with Gasteiger partial charge in [-0.2, -0.15) is 0 Å². The second-order valence-electron chi connectivity index (χ2n) is 4.46. The summed E-state index contributed by atoms with van der Waals surface area (Å²) in [6.45, 7) is 0. The Labute approximate surface area is 106 Å². The quantitative estimate of drug-likeness (QED) is 0.532. The van der Waals surface area contributed by atoms with Gasteiger partial charge in [0.05, 0.1) is 0 Å². The fourth-order valence-electron chi connectivity index (χ4n) is 2.08. The molecule has 17 heavy (non-hydrogen) atoms. The minimum Gasteiger partial charge on any atom is -0.317 e. The molecule has 1 nitrogen and oxygen atoms in total. The van der Waals surface area contributed by atoms with Crippen molar-refractivity contribution >= 4 is 0 Å². The van der Waals surface area contributed by atoms with Crippen molar-refractivity contribution < 1.29 is 0 Å². The van der Waals surface area contributed by atoms with E-state index in [1.165, 1.54) is 31.2 Å². The van der Waals surface area contributed by atoms with Gasteiger partial charge in [0.2, 0.25) is 0 Å². The summed E-state index contributed by atoms with van der Waals surface area (Å²) in [7, 11) is 2.04. The van der Waals surface area contributed by atoms with Crippen LogP contribution in [0.1, 0.15) is 37.7 Å². The summed E-state index contributed by atoms with van der Waals surface area (Å²) < 4.78 is 0. The summed E-state index contributed by atoms with van der Waals surface area (Å²) in [6, 6.07) is 11.3. The second kappa shape index (κ2) is 8.84. The number of aryl methyl sites for hydroxylation is 1. The number of hydrogen-bond donors (Lipinski definition) is 1. The fourth-order valence-corrected chi connectivity index (χ4v) is 2.08. The van der Waals surface area contributed by atoms with Crippen LogP contribution in [0.25, 0.3) is 0 Å². The molecule has 0 aliphatic rings. The molecule has 0 aromatic heterocycles. The van der Waals surface area contributed by atoms with Gasteiger partial charge in [-0.1, -0.05) is 30.3 Å². The van der Waals surface area contributed by atoms with Crippen LogP contribution >= 0.6 is 0 Å². The highest BCUT2D eigenvalue weighted by Gasteiger charge is 2.05. The van der Waals surface area contributed by atoms with Gasteiger partial charge < -0.3 is 5.32 Å². The highest BCUT2D eigenvalue weighted by Crippen LogP contribution is 2.10. The van der Waals surface area contributed by atoms with Gasteiger partial charge in [-0.15, -0.1) is 12.3 Å². The molecule has 1 unspecified atom stereocenters. The second-order valence-corrected chi connectivity index (χ2v) is 4.46. The van der Waals surface area contributed by atoms with E-state index in [9.17, 15) is 0 Å². The van der Waals surface area contributed by atoms with Crippen LogP contribution in [-0.4, -0.2) is 13.1 Å². The van der Waals surface area contributed by atoms with Gasteiger partial charge in [0.15, 0.2) is 0 Å². The zero-order valence-corrected chi connectivity index (χ0v) is 10.8. The Kier molecular flexibility index (Phi) is 7.18. The number of nitrogens with one attached hydrogen (secondary N) is 1. The average molecular weight is 229 g/mol. The Bertz CT molecular complexity index is 323. The Morgan fingerprint density at radius 1 is 1.18 bits per heavy atom. The van der Waals surface area contributed by atoms with Crippen molar-refractivity contribution in [2.24, 2.45) is 0 Å². The first-order valence-corrected chi connectivity index (χ1v) is 6.51. The summed E-state index contributed by atoms with van der Waals surface area (Å²) in [5.41, 5.74) is 1.44. The van der Waals surface area contributed by atoms with E-state index < -0.39 is 0 Å². The van der Waals surface area contributed by atoms with Gasteiger partial charge in [-0.05, 0) is 44.7 Å². The van der Waals surface area contributed by atoms with E-state index in [4.69, 9.17) is 6.42 Å². The molecule has 0 heterocycles. The Hall–Kier alpha value is -1.26. The number of hydrogen-bond acceptors (Lipinski definition) is 1. The van der Waals surface area contributed by atoms with Crippen LogP contribution in [0, 0.1) is 12.3 Å². The van der Waals surface area contributed by atoms with Gasteiger partial charge in [-0.25, -0.2) is 0 Å². The fraction of sp³-hybridized carbons (Fsp3) is 0.500. The van der Waals surface area contributed by atoms with E-state index in [0.29, 0.717) is 6.04 Å². The van der Waals surface area contributed by atoms with Gasteiger partial charge in [-0.3, -0.25) is 0 Å². The molecule has 0 saturated carbocycles. The van der Waals surface area contributed by atoms with E-state index in [0.717, 1.165) is 12.8 Å². The Morgan fingerprint density at radius 3 is 2.53 bits per heavy atom. The number of rotatable bonds is 8. The smallest absolute Gasteiger partial charge is 0.00866 e. The molecule has 1 N–H and O–H groups in total. The zero-order valence-electron chi connectivity index (χ0n) is 10.8. The van der Waals surface area contributed by atoms with Crippen LogP contribution in [0.5, 0.6) is 0 Å². The number of terminal acetylenes is 1. The van der Waals surface area contributed by atoms with Crippen LogP contribution in [0.2, 0.25) is 0 Å². The first-order valence-electron chi connectivity index (χ1n) is 6.51. The van der Waals surface area contributed by atoms with Gasteiger partial charge in [0.25, 0.3) is 0 Å².